The van der Waals surface area contributed by atoms with Crippen LogP contribution in [-0.2, 0) is 9.53 Å². The second-order valence-corrected chi connectivity index (χ2v) is 4.14. The summed E-state index contributed by atoms with van der Waals surface area (Å²) in [4.78, 5) is 22.0. The third-order valence-electron chi connectivity index (χ3n) is 1.98. The number of carbonyl (C=O) groups is 2. The molecule has 2 N–H and O–H groups in total. The SMILES string of the molecule is COC(=O)CNC(=O)NCOc1ccc(Cl)cc1Cl. The number of methoxy groups -OCH3 is 1. The Hall–Kier alpha value is -1.66. The minimum absolute atomic E-state index is 0.103. The van der Waals surface area contributed by atoms with Crippen molar-refractivity contribution in [1.29, 1.82) is 0 Å². The predicted molar refractivity (Wildman–Crippen MR) is 70.5 cm³/mol. The maximum atomic E-state index is 11.2. The first-order valence-corrected chi connectivity index (χ1v) is 5.95. The number of hydrogen-bond donors (Lipinski definition) is 2. The van der Waals surface area contributed by atoms with Crippen LogP contribution in [-0.4, -0.2) is 32.4 Å². The minimum Gasteiger partial charge on any atom is -0.472 e. The fourth-order valence-electron chi connectivity index (χ4n) is 1.06. The lowest BCUT2D eigenvalue weighted by atomic mass is 10.3. The van der Waals surface area contributed by atoms with Gasteiger partial charge in [0, 0.05) is 5.02 Å². The Kier molecular flexibility index (Phi) is 6.24. The van der Waals surface area contributed by atoms with Gasteiger partial charge in [-0.2, -0.15) is 0 Å². The second kappa shape index (κ2) is 7.70. The number of hydrogen-bond acceptors (Lipinski definition) is 4. The fourth-order valence-corrected chi connectivity index (χ4v) is 1.52. The first-order chi connectivity index (χ1) is 9.02. The van der Waals surface area contributed by atoms with Crippen LogP contribution in [0.1, 0.15) is 0 Å². The summed E-state index contributed by atoms with van der Waals surface area (Å²) < 4.78 is 9.58. The molecule has 0 aliphatic rings. The van der Waals surface area contributed by atoms with E-state index in [1.54, 1.807) is 12.1 Å². The highest BCUT2D eigenvalue weighted by Crippen LogP contribution is 2.27. The normalized spacial score (nSPS) is 9.63. The van der Waals surface area contributed by atoms with Gasteiger partial charge >= 0.3 is 12.0 Å². The molecule has 0 unspecified atom stereocenters. The van der Waals surface area contributed by atoms with Crippen LogP contribution in [0.3, 0.4) is 0 Å². The summed E-state index contributed by atoms with van der Waals surface area (Å²) in [5.74, 6) is -0.156. The van der Waals surface area contributed by atoms with E-state index in [0.717, 1.165) is 0 Å². The fraction of sp³-hybridized carbons (Fsp3) is 0.273. The maximum Gasteiger partial charge on any atom is 0.325 e. The molecule has 1 rings (SSSR count). The van der Waals surface area contributed by atoms with Gasteiger partial charge in [-0.25, -0.2) is 4.79 Å². The van der Waals surface area contributed by atoms with Gasteiger partial charge in [-0.15, -0.1) is 0 Å². The number of urea groups is 1. The van der Waals surface area contributed by atoms with Gasteiger partial charge in [-0.3, -0.25) is 4.79 Å². The molecule has 0 spiro atoms. The third-order valence-corrected chi connectivity index (χ3v) is 2.51. The summed E-state index contributed by atoms with van der Waals surface area (Å²) in [6, 6.07) is 4.16. The van der Waals surface area contributed by atoms with Crippen LogP contribution in [0.5, 0.6) is 5.75 Å². The molecule has 19 heavy (non-hydrogen) atoms. The molecule has 0 fully saturated rings. The van der Waals surface area contributed by atoms with E-state index in [2.05, 4.69) is 15.4 Å². The highest BCUT2D eigenvalue weighted by molar-refractivity contribution is 6.35. The molecular weight excluding hydrogens is 295 g/mol. The van der Waals surface area contributed by atoms with E-state index in [1.165, 1.54) is 13.2 Å². The van der Waals surface area contributed by atoms with Gasteiger partial charge in [-0.1, -0.05) is 23.2 Å². The minimum atomic E-state index is -0.560. The molecule has 1 aromatic rings. The number of nitrogens with one attached hydrogen (secondary N) is 2. The highest BCUT2D eigenvalue weighted by Gasteiger charge is 2.05. The Morgan fingerprint density at radius 2 is 2.00 bits per heavy atom. The largest absolute Gasteiger partial charge is 0.472 e. The van der Waals surface area contributed by atoms with E-state index in [0.29, 0.717) is 15.8 Å². The molecule has 0 aromatic heterocycles. The van der Waals surface area contributed by atoms with E-state index >= 15 is 0 Å². The highest BCUT2D eigenvalue weighted by atomic mass is 35.5. The van der Waals surface area contributed by atoms with Crippen LogP contribution in [0, 0.1) is 0 Å². The zero-order valence-electron chi connectivity index (χ0n) is 10.0. The van der Waals surface area contributed by atoms with E-state index in [-0.39, 0.29) is 13.3 Å². The molecule has 0 bridgehead atoms. The molecule has 0 saturated heterocycles. The summed E-state index contributed by atoms with van der Waals surface area (Å²) >= 11 is 11.6. The average Bonchev–Trinajstić information content (AvgIpc) is 2.38. The van der Waals surface area contributed by atoms with Crippen molar-refractivity contribution in [3.05, 3.63) is 28.2 Å². The number of halogens is 2. The zero-order chi connectivity index (χ0) is 14.3. The summed E-state index contributed by atoms with van der Waals surface area (Å²) in [6.45, 7) is -0.321. The van der Waals surface area contributed by atoms with Crippen LogP contribution < -0.4 is 15.4 Å². The summed E-state index contributed by atoms with van der Waals surface area (Å²) in [6.07, 6.45) is 0. The first kappa shape index (κ1) is 15.4. The van der Waals surface area contributed by atoms with Crippen LogP contribution >= 0.6 is 23.2 Å². The van der Waals surface area contributed by atoms with Gasteiger partial charge in [0.15, 0.2) is 6.73 Å². The molecule has 1 aromatic carbocycles. The smallest absolute Gasteiger partial charge is 0.325 e. The Balaban J connectivity index is 2.30. The summed E-state index contributed by atoms with van der Waals surface area (Å²) in [5.41, 5.74) is 0. The number of amides is 2. The lowest BCUT2D eigenvalue weighted by Gasteiger charge is -2.10. The lowest BCUT2D eigenvalue weighted by molar-refractivity contribution is -0.139. The Labute approximate surface area is 120 Å². The quantitative estimate of drug-likeness (QED) is 0.642. The van der Waals surface area contributed by atoms with Crippen LogP contribution in [0.15, 0.2) is 18.2 Å². The van der Waals surface area contributed by atoms with Crippen molar-refractivity contribution in [3.8, 4) is 5.75 Å². The van der Waals surface area contributed by atoms with Crippen molar-refractivity contribution >= 4 is 35.2 Å². The molecule has 2 amide bonds. The summed E-state index contributed by atoms with van der Waals surface area (Å²) in [7, 11) is 1.23. The van der Waals surface area contributed by atoms with Crippen LogP contribution in [0.2, 0.25) is 10.0 Å². The molecule has 0 radical (unpaired) electrons. The predicted octanol–water partition coefficient (Wildman–Crippen LogP) is 1.80. The van der Waals surface area contributed by atoms with Crippen molar-refractivity contribution in [1.82, 2.24) is 10.6 Å². The number of esters is 1. The van der Waals surface area contributed by atoms with Crippen LogP contribution in [0.4, 0.5) is 4.79 Å². The van der Waals surface area contributed by atoms with Crippen molar-refractivity contribution in [3.63, 3.8) is 0 Å². The molecule has 0 atom stereocenters. The first-order valence-electron chi connectivity index (χ1n) is 5.19. The number of ether oxygens (including phenoxy) is 2. The van der Waals surface area contributed by atoms with Crippen molar-refractivity contribution in [2.75, 3.05) is 20.4 Å². The van der Waals surface area contributed by atoms with Gasteiger partial charge < -0.3 is 20.1 Å². The third kappa shape index (κ3) is 5.67. The van der Waals surface area contributed by atoms with Crippen molar-refractivity contribution in [2.24, 2.45) is 0 Å². The second-order valence-electron chi connectivity index (χ2n) is 3.30. The number of carbonyl (C=O) groups excluding carboxylic acids is 2. The Bertz CT molecular complexity index is 468. The lowest BCUT2D eigenvalue weighted by Crippen LogP contribution is -2.40. The topological polar surface area (TPSA) is 76.7 Å². The van der Waals surface area contributed by atoms with E-state index in [1.807, 2.05) is 0 Å². The van der Waals surface area contributed by atoms with E-state index < -0.39 is 12.0 Å². The van der Waals surface area contributed by atoms with Gasteiger partial charge in [0.1, 0.15) is 12.3 Å². The van der Waals surface area contributed by atoms with Crippen molar-refractivity contribution < 1.29 is 19.1 Å². The van der Waals surface area contributed by atoms with Gasteiger partial charge in [-0.05, 0) is 18.2 Å². The molecule has 6 nitrogen and oxygen atoms in total. The van der Waals surface area contributed by atoms with Crippen molar-refractivity contribution in [2.45, 2.75) is 0 Å². The number of rotatable bonds is 5. The molecule has 104 valence electrons. The molecule has 0 aliphatic heterocycles. The standard InChI is InChI=1S/C11H12Cl2N2O4/c1-18-10(16)5-14-11(17)15-6-19-9-3-2-7(12)4-8(9)13/h2-4H,5-6H2,1H3,(H2,14,15,17). The molecule has 8 heteroatoms. The van der Waals surface area contributed by atoms with Crippen LogP contribution in [0.25, 0.3) is 0 Å². The summed E-state index contributed by atoms with van der Waals surface area (Å²) in [5, 5.41) is 5.49. The Morgan fingerprint density at radius 1 is 1.26 bits per heavy atom. The molecule has 0 aliphatic carbocycles. The Morgan fingerprint density at radius 3 is 2.63 bits per heavy atom. The van der Waals surface area contributed by atoms with Gasteiger partial charge in [0.2, 0.25) is 0 Å². The molecule has 0 heterocycles. The van der Waals surface area contributed by atoms with Gasteiger partial charge in [0.25, 0.3) is 0 Å². The number of benzene rings is 1. The van der Waals surface area contributed by atoms with E-state index in [9.17, 15) is 9.59 Å². The zero-order valence-corrected chi connectivity index (χ0v) is 11.5. The molecular formula is C11H12Cl2N2O4. The van der Waals surface area contributed by atoms with E-state index in [4.69, 9.17) is 27.9 Å². The monoisotopic (exact) mass is 306 g/mol. The maximum absolute atomic E-state index is 11.2. The molecule has 0 saturated carbocycles. The van der Waals surface area contributed by atoms with Gasteiger partial charge in [0.05, 0.1) is 12.1 Å². The average molecular weight is 307 g/mol.